The summed E-state index contributed by atoms with van der Waals surface area (Å²) in [6, 6.07) is 1.59. The number of pyridine rings is 1. The molecular formula is C14H21N3O2. The molecule has 104 valence electrons. The molecule has 2 rings (SSSR count). The third-order valence-corrected chi connectivity index (χ3v) is 3.26. The molecule has 0 radical (unpaired) electrons. The van der Waals surface area contributed by atoms with Gasteiger partial charge in [-0.15, -0.1) is 0 Å². The number of nitrogens with two attached hydrogens (primary N) is 1. The molecule has 0 spiro atoms. The summed E-state index contributed by atoms with van der Waals surface area (Å²) in [5, 5.41) is 3.19. The van der Waals surface area contributed by atoms with Gasteiger partial charge in [0.15, 0.2) is 0 Å². The number of nitrogens with one attached hydrogen (secondary N) is 1. The van der Waals surface area contributed by atoms with Crippen LogP contribution in [0.3, 0.4) is 0 Å². The number of nitrogens with zero attached hydrogens (tertiary/aromatic N) is 1. The Labute approximate surface area is 113 Å². The van der Waals surface area contributed by atoms with Gasteiger partial charge in [0.25, 0.3) is 0 Å². The predicted octanol–water partition coefficient (Wildman–Crippen LogP) is 2.44. The number of hydrogen-bond acceptors (Lipinski definition) is 5. The number of nitrogen functional groups attached to an aromatic ring is 1. The minimum absolute atomic E-state index is 0.338. The van der Waals surface area contributed by atoms with Gasteiger partial charge in [-0.3, -0.25) is 0 Å². The lowest BCUT2D eigenvalue weighted by Crippen LogP contribution is -2.12. The summed E-state index contributed by atoms with van der Waals surface area (Å²) in [5.74, 6) is 1.10. The number of rotatable bonds is 7. The second-order valence-corrected chi connectivity index (χ2v) is 4.85. The van der Waals surface area contributed by atoms with E-state index in [1.54, 1.807) is 19.2 Å². The first kappa shape index (κ1) is 13.6. The smallest absolute Gasteiger partial charge is 0.340 e. The molecule has 19 heavy (non-hydrogen) atoms. The molecule has 5 heteroatoms. The van der Waals surface area contributed by atoms with Gasteiger partial charge >= 0.3 is 5.97 Å². The van der Waals surface area contributed by atoms with Crippen LogP contribution in [0.4, 0.5) is 11.5 Å². The topological polar surface area (TPSA) is 77.2 Å². The summed E-state index contributed by atoms with van der Waals surface area (Å²) in [6.07, 6.45) is 6.68. The second-order valence-electron chi connectivity index (χ2n) is 4.85. The van der Waals surface area contributed by atoms with Crippen molar-refractivity contribution in [1.29, 1.82) is 0 Å². The summed E-state index contributed by atoms with van der Waals surface area (Å²) in [5.41, 5.74) is 6.69. The first-order valence-electron chi connectivity index (χ1n) is 6.87. The fourth-order valence-electron chi connectivity index (χ4n) is 2.00. The van der Waals surface area contributed by atoms with Gasteiger partial charge in [-0.05, 0) is 31.7 Å². The van der Waals surface area contributed by atoms with Crippen LogP contribution in [0, 0.1) is 5.92 Å². The average molecular weight is 263 g/mol. The average Bonchev–Trinajstić information content (AvgIpc) is 3.20. The molecule has 0 bridgehead atoms. The molecule has 0 saturated heterocycles. The molecule has 1 fully saturated rings. The third-order valence-electron chi connectivity index (χ3n) is 3.26. The van der Waals surface area contributed by atoms with Crippen molar-refractivity contribution in [2.45, 2.75) is 32.6 Å². The Bertz CT molecular complexity index is 444. The van der Waals surface area contributed by atoms with Crippen molar-refractivity contribution in [2.24, 2.45) is 5.92 Å². The van der Waals surface area contributed by atoms with Crippen LogP contribution < -0.4 is 11.1 Å². The van der Waals surface area contributed by atoms with Crippen LogP contribution in [0.5, 0.6) is 0 Å². The molecule has 0 amide bonds. The molecular weight excluding hydrogens is 242 g/mol. The fraction of sp³-hybridized carbons (Fsp3) is 0.571. The maximum atomic E-state index is 11.7. The largest absolute Gasteiger partial charge is 0.462 e. The maximum Gasteiger partial charge on any atom is 0.340 e. The van der Waals surface area contributed by atoms with Crippen molar-refractivity contribution in [1.82, 2.24) is 4.98 Å². The minimum atomic E-state index is -0.400. The van der Waals surface area contributed by atoms with Crippen molar-refractivity contribution < 1.29 is 9.53 Å². The van der Waals surface area contributed by atoms with E-state index in [1.165, 1.54) is 19.3 Å². The van der Waals surface area contributed by atoms with Crippen molar-refractivity contribution in [3.63, 3.8) is 0 Å². The molecule has 1 aromatic heterocycles. The predicted molar refractivity (Wildman–Crippen MR) is 75.1 cm³/mol. The molecule has 0 atom stereocenters. The van der Waals surface area contributed by atoms with E-state index in [9.17, 15) is 4.79 Å². The van der Waals surface area contributed by atoms with E-state index >= 15 is 0 Å². The number of anilines is 2. The number of carbonyl (C=O) groups excluding carboxylic acids is 1. The molecule has 1 aliphatic rings. The summed E-state index contributed by atoms with van der Waals surface area (Å²) in [7, 11) is 0. The van der Waals surface area contributed by atoms with Crippen LogP contribution in [0.2, 0.25) is 0 Å². The molecule has 0 unspecified atom stereocenters. The SMILES string of the molecule is CCOC(=O)c1ccnc(NCCCC2CC2)c1N. The van der Waals surface area contributed by atoms with Crippen LogP contribution in [0.25, 0.3) is 0 Å². The summed E-state index contributed by atoms with van der Waals surface area (Å²) in [6.45, 7) is 2.94. The van der Waals surface area contributed by atoms with Crippen molar-refractivity contribution in [3.8, 4) is 0 Å². The Morgan fingerprint density at radius 3 is 3.05 bits per heavy atom. The first-order valence-corrected chi connectivity index (χ1v) is 6.87. The summed E-state index contributed by atoms with van der Waals surface area (Å²) >= 11 is 0. The molecule has 0 aromatic carbocycles. The highest BCUT2D eigenvalue weighted by Crippen LogP contribution is 2.33. The van der Waals surface area contributed by atoms with Gasteiger partial charge in [0.1, 0.15) is 5.82 Å². The molecule has 1 aromatic rings. The zero-order valence-electron chi connectivity index (χ0n) is 11.3. The van der Waals surface area contributed by atoms with Gasteiger partial charge in [-0.2, -0.15) is 0 Å². The lowest BCUT2D eigenvalue weighted by molar-refractivity contribution is 0.0527. The van der Waals surface area contributed by atoms with E-state index in [4.69, 9.17) is 10.5 Å². The van der Waals surface area contributed by atoms with Gasteiger partial charge in [0.2, 0.25) is 0 Å². The van der Waals surface area contributed by atoms with E-state index in [1.807, 2.05) is 0 Å². The normalized spacial score (nSPS) is 14.2. The highest BCUT2D eigenvalue weighted by atomic mass is 16.5. The Kier molecular flexibility index (Phi) is 4.60. The van der Waals surface area contributed by atoms with Crippen LogP contribution >= 0.6 is 0 Å². The lowest BCUT2D eigenvalue weighted by atomic mass is 10.2. The zero-order chi connectivity index (χ0) is 13.7. The van der Waals surface area contributed by atoms with Gasteiger partial charge in [-0.25, -0.2) is 9.78 Å². The van der Waals surface area contributed by atoms with Gasteiger partial charge in [0, 0.05) is 12.7 Å². The third kappa shape index (κ3) is 3.84. The zero-order valence-corrected chi connectivity index (χ0v) is 11.3. The Balaban J connectivity index is 1.91. The quantitative estimate of drug-likeness (QED) is 0.583. The lowest BCUT2D eigenvalue weighted by Gasteiger charge is -2.11. The van der Waals surface area contributed by atoms with E-state index < -0.39 is 5.97 Å². The first-order chi connectivity index (χ1) is 9.22. The highest BCUT2D eigenvalue weighted by Gasteiger charge is 2.20. The number of ether oxygens (including phenoxy) is 1. The van der Waals surface area contributed by atoms with E-state index in [0.717, 1.165) is 18.9 Å². The van der Waals surface area contributed by atoms with E-state index in [2.05, 4.69) is 10.3 Å². The Morgan fingerprint density at radius 1 is 1.58 bits per heavy atom. The van der Waals surface area contributed by atoms with Crippen molar-refractivity contribution in [2.75, 3.05) is 24.2 Å². The van der Waals surface area contributed by atoms with Gasteiger partial charge in [-0.1, -0.05) is 12.8 Å². The number of aromatic nitrogens is 1. The minimum Gasteiger partial charge on any atom is -0.462 e. The van der Waals surface area contributed by atoms with Crippen LogP contribution in [0.15, 0.2) is 12.3 Å². The molecule has 1 aliphatic carbocycles. The molecule has 5 nitrogen and oxygen atoms in total. The van der Waals surface area contributed by atoms with Crippen LogP contribution in [-0.2, 0) is 4.74 Å². The molecule has 3 N–H and O–H groups in total. The molecule has 1 heterocycles. The van der Waals surface area contributed by atoms with E-state index in [0.29, 0.717) is 23.7 Å². The summed E-state index contributed by atoms with van der Waals surface area (Å²) < 4.78 is 4.95. The number of carbonyl (C=O) groups is 1. The number of hydrogen-bond donors (Lipinski definition) is 2. The van der Waals surface area contributed by atoms with Crippen molar-refractivity contribution >= 4 is 17.5 Å². The molecule has 1 saturated carbocycles. The van der Waals surface area contributed by atoms with Crippen LogP contribution in [-0.4, -0.2) is 24.1 Å². The van der Waals surface area contributed by atoms with E-state index in [-0.39, 0.29) is 0 Å². The maximum absolute atomic E-state index is 11.7. The standard InChI is InChI=1S/C14H21N3O2/c1-2-19-14(18)11-7-9-17-13(12(11)15)16-8-3-4-10-5-6-10/h7,9-10H,2-6,8,15H2,1H3,(H,16,17). The van der Waals surface area contributed by atoms with Crippen LogP contribution in [0.1, 0.15) is 43.0 Å². The highest BCUT2D eigenvalue weighted by molar-refractivity contribution is 5.97. The monoisotopic (exact) mass is 263 g/mol. The summed E-state index contributed by atoms with van der Waals surface area (Å²) in [4.78, 5) is 15.9. The van der Waals surface area contributed by atoms with Gasteiger partial charge in [0.05, 0.1) is 17.9 Å². The van der Waals surface area contributed by atoms with Crippen molar-refractivity contribution in [3.05, 3.63) is 17.8 Å². The Hall–Kier alpha value is -1.78. The molecule has 0 aliphatic heterocycles. The van der Waals surface area contributed by atoms with Gasteiger partial charge < -0.3 is 15.8 Å². The second kappa shape index (κ2) is 6.41. The Morgan fingerprint density at radius 2 is 2.37 bits per heavy atom. The fourth-order valence-corrected chi connectivity index (χ4v) is 2.00. The number of esters is 1.